The van der Waals surface area contributed by atoms with Crippen LogP contribution in [0.25, 0.3) is 0 Å². The Morgan fingerprint density at radius 3 is 2.07 bits per heavy atom. The number of rotatable bonds is 8. The molecule has 83 valence electrons. The SMILES string of the molecule is CCOC(CC(=N)CC(C)[O])OCC. The molecule has 0 aliphatic heterocycles. The van der Waals surface area contributed by atoms with E-state index in [1.807, 2.05) is 13.8 Å². The van der Waals surface area contributed by atoms with E-state index in [0.29, 0.717) is 25.3 Å². The van der Waals surface area contributed by atoms with Crippen LogP contribution in [0.3, 0.4) is 0 Å². The topological polar surface area (TPSA) is 62.2 Å². The summed E-state index contributed by atoms with van der Waals surface area (Å²) in [6.45, 7) is 6.44. The molecule has 4 nitrogen and oxygen atoms in total. The molecule has 0 aromatic carbocycles. The predicted octanol–water partition coefficient (Wildman–Crippen LogP) is 2.00. The van der Waals surface area contributed by atoms with E-state index in [-0.39, 0.29) is 12.7 Å². The average molecular weight is 202 g/mol. The lowest BCUT2D eigenvalue weighted by molar-refractivity contribution is -0.130. The Labute approximate surface area is 85.7 Å². The van der Waals surface area contributed by atoms with Crippen molar-refractivity contribution >= 4 is 5.71 Å². The van der Waals surface area contributed by atoms with Gasteiger partial charge in [-0.25, -0.2) is 5.11 Å². The zero-order valence-corrected chi connectivity index (χ0v) is 9.21. The van der Waals surface area contributed by atoms with Gasteiger partial charge in [0.1, 0.15) is 0 Å². The van der Waals surface area contributed by atoms with Gasteiger partial charge in [0.15, 0.2) is 6.29 Å². The summed E-state index contributed by atoms with van der Waals surface area (Å²) in [5.41, 5.74) is 0.402. The van der Waals surface area contributed by atoms with Gasteiger partial charge in [-0.3, -0.25) is 0 Å². The van der Waals surface area contributed by atoms with Gasteiger partial charge in [-0.05, 0) is 20.8 Å². The van der Waals surface area contributed by atoms with Gasteiger partial charge in [0.05, 0.1) is 6.10 Å². The summed E-state index contributed by atoms with van der Waals surface area (Å²) >= 11 is 0. The molecule has 0 aliphatic rings. The standard InChI is InChI=1S/C10H20NO3/c1-4-13-10(14-5-2)7-9(11)6-8(3)12/h8,10-11H,4-7H2,1-3H3. The lowest BCUT2D eigenvalue weighted by Crippen LogP contribution is -2.22. The first-order valence-corrected chi connectivity index (χ1v) is 5.05. The molecule has 1 radical (unpaired) electrons. The minimum atomic E-state index is -0.716. The fourth-order valence-electron chi connectivity index (χ4n) is 1.17. The van der Waals surface area contributed by atoms with Gasteiger partial charge in [-0.1, -0.05) is 0 Å². The molecular weight excluding hydrogens is 182 g/mol. The summed E-state index contributed by atoms with van der Waals surface area (Å²) in [6.07, 6.45) is -0.409. The summed E-state index contributed by atoms with van der Waals surface area (Å²) in [7, 11) is 0. The van der Waals surface area contributed by atoms with E-state index in [2.05, 4.69) is 0 Å². The normalized spacial score (nSPS) is 13.2. The molecular formula is C10H20NO3. The van der Waals surface area contributed by atoms with Crippen molar-refractivity contribution in [1.82, 2.24) is 0 Å². The molecule has 0 aromatic rings. The third-order valence-electron chi connectivity index (χ3n) is 1.65. The summed E-state index contributed by atoms with van der Waals surface area (Å²) < 4.78 is 10.5. The fourth-order valence-corrected chi connectivity index (χ4v) is 1.17. The molecule has 14 heavy (non-hydrogen) atoms. The smallest absolute Gasteiger partial charge is 0.162 e. The molecule has 4 heteroatoms. The van der Waals surface area contributed by atoms with Crippen molar-refractivity contribution < 1.29 is 14.6 Å². The van der Waals surface area contributed by atoms with Crippen LogP contribution in [0.15, 0.2) is 0 Å². The van der Waals surface area contributed by atoms with Crippen molar-refractivity contribution in [3.05, 3.63) is 0 Å². The lowest BCUT2D eigenvalue weighted by Gasteiger charge is -2.17. The number of ether oxygens (including phenoxy) is 2. The predicted molar refractivity (Wildman–Crippen MR) is 54.1 cm³/mol. The van der Waals surface area contributed by atoms with Crippen LogP contribution >= 0.6 is 0 Å². The minimum absolute atomic E-state index is 0.274. The first-order valence-electron chi connectivity index (χ1n) is 5.05. The first kappa shape index (κ1) is 13.5. The average Bonchev–Trinajstić information content (AvgIpc) is 2.03. The van der Waals surface area contributed by atoms with Gasteiger partial charge in [0.25, 0.3) is 0 Å². The molecule has 1 unspecified atom stereocenters. The number of hydrogen-bond acceptors (Lipinski definition) is 3. The molecule has 0 amide bonds. The quantitative estimate of drug-likeness (QED) is 0.483. The van der Waals surface area contributed by atoms with Crippen molar-refractivity contribution in [2.24, 2.45) is 0 Å². The molecule has 0 aromatic heterocycles. The molecule has 0 aliphatic carbocycles. The van der Waals surface area contributed by atoms with Crippen molar-refractivity contribution in [3.63, 3.8) is 0 Å². The third kappa shape index (κ3) is 7.00. The van der Waals surface area contributed by atoms with Crippen LogP contribution in [-0.4, -0.2) is 31.3 Å². The van der Waals surface area contributed by atoms with Gasteiger partial charge >= 0.3 is 0 Å². The van der Waals surface area contributed by atoms with Gasteiger partial charge < -0.3 is 14.9 Å². The Bertz CT molecular complexity index is 153. The molecule has 0 fully saturated rings. The van der Waals surface area contributed by atoms with Gasteiger partial charge in [0.2, 0.25) is 0 Å². The van der Waals surface area contributed by atoms with E-state index >= 15 is 0 Å². The van der Waals surface area contributed by atoms with Crippen LogP contribution in [-0.2, 0) is 14.6 Å². The van der Waals surface area contributed by atoms with Crippen LogP contribution in [0.4, 0.5) is 0 Å². The molecule has 0 spiro atoms. The maximum Gasteiger partial charge on any atom is 0.162 e. The monoisotopic (exact) mass is 202 g/mol. The Balaban J connectivity index is 3.82. The van der Waals surface area contributed by atoms with Gasteiger partial charge in [-0.2, -0.15) is 0 Å². The van der Waals surface area contributed by atoms with Gasteiger partial charge in [-0.15, -0.1) is 0 Å². The second-order valence-corrected chi connectivity index (χ2v) is 3.16. The van der Waals surface area contributed by atoms with Crippen molar-refractivity contribution in [3.8, 4) is 0 Å². The Hall–Kier alpha value is -0.450. The summed E-state index contributed by atoms with van der Waals surface area (Å²) in [6, 6.07) is 0. The van der Waals surface area contributed by atoms with E-state index in [9.17, 15) is 5.11 Å². The van der Waals surface area contributed by atoms with E-state index in [4.69, 9.17) is 14.9 Å². The highest BCUT2D eigenvalue weighted by Gasteiger charge is 2.12. The zero-order valence-electron chi connectivity index (χ0n) is 9.21. The summed E-state index contributed by atoms with van der Waals surface area (Å²) in [5.74, 6) is 0. The van der Waals surface area contributed by atoms with Gasteiger partial charge in [0, 0.05) is 31.8 Å². The largest absolute Gasteiger partial charge is 0.353 e. The molecule has 0 heterocycles. The lowest BCUT2D eigenvalue weighted by atomic mass is 10.1. The minimum Gasteiger partial charge on any atom is -0.353 e. The Morgan fingerprint density at radius 1 is 1.21 bits per heavy atom. The van der Waals surface area contributed by atoms with Crippen molar-refractivity contribution in [2.75, 3.05) is 13.2 Å². The van der Waals surface area contributed by atoms with Crippen LogP contribution in [0.5, 0.6) is 0 Å². The van der Waals surface area contributed by atoms with Crippen molar-refractivity contribution in [1.29, 1.82) is 5.41 Å². The van der Waals surface area contributed by atoms with E-state index < -0.39 is 6.10 Å². The first-order chi connectivity index (χ1) is 6.60. The molecule has 0 bridgehead atoms. The highest BCUT2D eigenvalue weighted by atomic mass is 16.7. The van der Waals surface area contributed by atoms with E-state index in [0.717, 1.165) is 0 Å². The van der Waals surface area contributed by atoms with Crippen LogP contribution in [0, 0.1) is 5.41 Å². The highest BCUT2D eigenvalue weighted by molar-refractivity contribution is 5.82. The Morgan fingerprint density at radius 2 is 1.71 bits per heavy atom. The maximum atomic E-state index is 10.8. The van der Waals surface area contributed by atoms with E-state index in [1.165, 1.54) is 0 Å². The van der Waals surface area contributed by atoms with Crippen LogP contribution < -0.4 is 0 Å². The zero-order chi connectivity index (χ0) is 11.0. The van der Waals surface area contributed by atoms with Crippen LogP contribution in [0.2, 0.25) is 0 Å². The van der Waals surface area contributed by atoms with Crippen LogP contribution in [0.1, 0.15) is 33.6 Å². The summed E-state index contributed by atoms with van der Waals surface area (Å²) in [5, 5.41) is 18.4. The van der Waals surface area contributed by atoms with E-state index in [1.54, 1.807) is 6.92 Å². The van der Waals surface area contributed by atoms with Crippen molar-refractivity contribution in [2.45, 2.75) is 46.0 Å². The molecule has 0 saturated heterocycles. The summed E-state index contributed by atoms with van der Waals surface area (Å²) in [4.78, 5) is 0. The molecule has 0 rings (SSSR count). The molecule has 1 N–H and O–H groups in total. The Kier molecular flexibility index (Phi) is 7.65. The number of nitrogens with one attached hydrogen (secondary N) is 1. The molecule has 1 atom stereocenters. The number of hydrogen-bond donors (Lipinski definition) is 1. The second kappa shape index (κ2) is 7.91. The fraction of sp³-hybridized carbons (Fsp3) is 0.900. The third-order valence-corrected chi connectivity index (χ3v) is 1.65. The molecule has 0 saturated carbocycles. The maximum absolute atomic E-state index is 10.8. The highest BCUT2D eigenvalue weighted by Crippen LogP contribution is 2.06. The second-order valence-electron chi connectivity index (χ2n) is 3.16.